The van der Waals surface area contributed by atoms with Gasteiger partial charge in [-0.15, -0.1) is 0 Å². The van der Waals surface area contributed by atoms with Crippen LogP contribution in [0, 0.1) is 13.8 Å². The Bertz CT molecular complexity index is 989. The van der Waals surface area contributed by atoms with E-state index < -0.39 is 0 Å². The molecule has 0 aliphatic carbocycles. The van der Waals surface area contributed by atoms with Gasteiger partial charge in [-0.25, -0.2) is 10.2 Å². The Hall–Kier alpha value is -2.86. The minimum absolute atomic E-state index is 0.387. The monoisotopic (exact) mass is 438 g/mol. The maximum Gasteiger partial charge on any atom is 0.339 e. The molecule has 0 saturated heterocycles. The molecule has 6 heteroatoms. The fraction of sp³-hybridized carbons (Fsp3) is 0.182. The summed E-state index contributed by atoms with van der Waals surface area (Å²) in [7, 11) is 0. The standard InChI is InChI=1S/C22H23BrN4O/c1-4-17-5-11-21(12-6-17)27-15(2)13-18(16(27)3)14-24-26-22(28)25-20-9-7-19(23)8-10-20/h5-14H,4H2,1-3H3,(H2,25,26,28)/b24-14+. The molecular weight excluding hydrogens is 416 g/mol. The van der Waals surface area contributed by atoms with Gasteiger partial charge in [-0.05, 0) is 68.3 Å². The molecular formula is C22H23BrN4O. The van der Waals surface area contributed by atoms with Crippen molar-refractivity contribution in [1.82, 2.24) is 9.99 Å². The molecule has 2 aromatic carbocycles. The first-order valence-corrected chi connectivity index (χ1v) is 9.91. The van der Waals surface area contributed by atoms with Crippen LogP contribution < -0.4 is 10.7 Å². The first-order valence-electron chi connectivity index (χ1n) is 9.12. The molecule has 0 atom stereocenters. The van der Waals surface area contributed by atoms with Gasteiger partial charge in [0, 0.05) is 32.8 Å². The van der Waals surface area contributed by atoms with Crippen LogP contribution in [0.25, 0.3) is 5.69 Å². The van der Waals surface area contributed by atoms with Gasteiger partial charge in [0.25, 0.3) is 0 Å². The minimum Gasteiger partial charge on any atom is -0.318 e. The molecule has 0 radical (unpaired) electrons. The quantitative estimate of drug-likeness (QED) is 0.396. The number of anilines is 1. The smallest absolute Gasteiger partial charge is 0.318 e. The summed E-state index contributed by atoms with van der Waals surface area (Å²) < 4.78 is 3.14. The Labute approximate surface area is 173 Å². The van der Waals surface area contributed by atoms with Gasteiger partial charge in [-0.1, -0.05) is 35.0 Å². The number of rotatable bonds is 5. The van der Waals surface area contributed by atoms with Crippen LogP contribution in [0.5, 0.6) is 0 Å². The molecule has 0 unspecified atom stereocenters. The summed E-state index contributed by atoms with van der Waals surface area (Å²) in [5.41, 5.74) is 8.78. The van der Waals surface area contributed by atoms with Crippen LogP contribution in [0.3, 0.4) is 0 Å². The van der Waals surface area contributed by atoms with Gasteiger partial charge >= 0.3 is 6.03 Å². The average molecular weight is 439 g/mol. The predicted molar refractivity (Wildman–Crippen MR) is 119 cm³/mol. The lowest BCUT2D eigenvalue weighted by Crippen LogP contribution is -2.24. The highest BCUT2D eigenvalue weighted by atomic mass is 79.9. The van der Waals surface area contributed by atoms with Gasteiger partial charge in [-0.2, -0.15) is 5.10 Å². The molecule has 0 saturated carbocycles. The highest BCUT2D eigenvalue weighted by Gasteiger charge is 2.09. The van der Waals surface area contributed by atoms with Crippen LogP contribution in [0.1, 0.15) is 29.4 Å². The van der Waals surface area contributed by atoms with Crippen LogP contribution >= 0.6 is 15.9 Å². The van der Waals surface area contributed by atoms with Gasteiger partial charge in [-0.3, -0.25) is 0 Å². The summed E-state index contributed by atoms with van der Waals surface area (Å²) in [4.78, 5) is 12.0. The van der Waals surface area contributed by atoms with E-state index in [4.69, 9.17) is 0 Å². The van der Waals surface area contributed by atoms with Crippen molar-refractivity contribution in [3.63, 3.8) is 0 Å². The number of carbonyl (C=O) groups excluding carboxylic acids is 1. The summed E-state index contributed by atoms with van der Waals surface area (Å²) in [6, 6.07) is 17.6. The number of halogens is 1. The summed E-state index contributed by atoms with van der Waals surface area (Å²) in [5.74, 6) is 0. The highest BCUT2D eigenvalue weighted by Crippen LogP contribution is 2.20. The van der Waals surface area contributed by atoms with E-state index >= 15 is 0 Å². The third kappa shape index (κ3) is 4.70. The average Bonchev–Trinajstić information content (AvgIpc) is 2.97. The maximum absolute atomic E-state index is 12.0. The van der Waals surface area contributed by atoms with Crippen molar-refractivity contribution >= 4 is 33.9 Å². The lowest BCUT2D eigenvalue weighted by Gasteiger charge is -2.10. The van der Waals surface area contributed by atoms with Crippen molar-refractivity contribution in [1.29, 1.82) is 0 Å². The van der Waals surface area contributed by atoms with Crippen molar-refractivity contribution < 1.29 is 4.79 Å². The van der Waals surface area contributed by atoms with Crippen LogP contribution in [0.15, 0.2) is 64.2 Å². The molecule has 28 heavy (non-hydrogen) atoms. The number of nitrogens with one attached hydrogen (secondary N) is 2. The predicted octanol–water partition coefficient (Wildman–Crippen LogP) is 5.57. The molecule has 0 spiro atoms. The number of hydrogen-bond acceptors (Lipinski definition) is 2. The van der Waals surface area contributed by atoms with E-state index in [1.54, 1.807) is 6.21 Å². The largest absolute Gasteiger partial charge is 0.339 e. The van der Waals surface area contributed by atoms with Crippen LogP contribution in [0.4, 0.5) is 10.5 Å². The number of hydrogen-bond donors (Lipinski definition) is 2. The maximum atomic E-state index is 12.0. The van der Waals surface area contributed by atoms with E-state index in [0.29, 0.717) is 5.69 Å². The lowest BCUT2D eigenvalue weighted by molar-refractivity contribution is 0.252. The summed E-state index contributed by atoms with van der Waals surface area (Å²) >= 11 is 3.36. The Morgan fingerprint density at radius 2 is 1.79 bits per heavy atom. The zero-order chi connectivity index (χ0) is 20.1. The van der Waals surface area contributed by atoms with Crippen LogP contribution in [-0.2, 0) is 6.42 Å². The van der Waals surface area contributed by atoms with Crippen molar-refractivity contribution in [3.8, 4) is 5.69 Å². The number of benzene rings is 2. The molecule has 0 aliphatic rings. The van der Waals surface area contributed by atoms with E-state index in [-0.39, 0.29) is 6.03 Å². The molecule has 0 fully saturated rings. The minimum atomic E-state index is -0.387. The Morgan fingerprint density at radius 3 is 2.43 bits per heavy atom. The molecule has 3 aromatic rings. The van der Waals surface area contributed by atoms with Gasteiger partial charge < -0.3 is 9.88 Å². The number of hydrazone groups is 1. The third-order valence-corrected chi connectivity index (χ3v) is 5.07. The van der Waals surface area contributed by atoms with Gasteiger partial charge in [0.2, 0.25) is 0 Å². The highest BCUT2D eigenvalue weighted by molar-refractivity contribution is 9.10. The summed E-state index contributed by atoms with van der Waals surface area (Å²) in [5, 5.41) is 6.82. The molecule has 2 amide bonds. The molecule has 1 aromatic heterocycles. The molecule has 1 heterocycles. The van der Waals surface area contributed by atoms with E-state index in [1.165, 1.54) is 5.56 Å². The van der Waals surface area contributed by atoms with E-state index in [0.717, 1.165) is 33.5 Å². The van der Waals surface area contributed by atoms with Crippen LogP contribution in [-0.4, -0.2) is 16.8 Å². The second-order valence-electron chi connectivity index (χ2n) is 6.51. The zero-order valence-corrected chi connectivity index (χ0v) is 17.7. The van der Waals surface area contributed by atoms with Crippen molar-refractivity contribution in [2.45, 2.75) is 27.2 Å². The molecule has 3 rings (SSSR count). The second kappa shape index (κ2) is 8.89. The number of aromatic nitrogens is 1. The summed E-state index contributed by atoms with van der Waals surface area (Å²) in [6.45, 7) is 6.26. The van der Waals surface area contributed by atoms with E-state index in [9.17, 15) is 4.79 Å². The molecule has 2 N–H and O–H groups in total. The van der Waals surface area contributed by atoms with Crippen molar-refractivity contribution in [3.05, 3.63) is 81.6 Å². The fourth-order valence-corrected chi connectivity index (χ4v) is 3.31. The van der Waals surface area contributed by atoms with Crippen molar-refractivity contribution in [2.24, 2.45) is 5.10 Å². The van der Waals surface area contributed by atoms with Crippen molar-refractivity contribution in [2.75, 3.05) is 5.32 Å². The van der Waals surface area contributed by atoms with Gasteiger partial charge in [0.15, 0.2) is 0 Å². The first-order chi connectivity index (χ1) is 13.5. The molecule has 0 aliphatic heterocycles. The van der Waals surface area contributed by atoms with Gasteiger partial charge in [0.05, 0.1) is 6.21 Å². The molecule has 0 bridgehead atoms. The topological polar surface area (TPSA) is 58.4 Å². The normalized spacial score (nSPS) is 11.0. The number of amides is 2. The van der Waals surface area contributed by atoms with Gasteiger partial charge in [0.1, 0.15) is 0 Å². The lowest BCUT2D eigenvalue weighted by atomic mass is 10.1. The third-order valence-electron chi connectivity index (χ3n) is 4.54. The Morgan fingerprint density at radius 1 is 1.11 bits per heavy atom. The Balaban J connectivity index is 1.68. The SMILES string of the molecule is CCc1ccc(-n2c(C)cc(/C=N/NC(=O)Nc3ccc(Br)cc3)c2C)cc1. The number of aryl methyl sites for hydroxylation is 2. The fourth-order valence-electron chi connectivity index (χ4n) is 3.05. The Kier molecular flexibility index (Phi) is 6.31. The number of urea groups is 1. The van der Waals surface area contributed by atoms with Crippen LogP contribution in [0.2, 0.25) is 0 Å². The number of carbonyl (C=O) groups is 1. The number of nitrogens with zero attached hydrogens (tertiary/aromatic N) is 2. The zero-order valence-electron chi connectivity index (χ0n) is 16.2. The van der Waals surface area contributed by atoms with E-state index in [1.807, 2.05) is 31.2 Å². The molecule has 5 nitrogen and oxygen atoms in total. The second-order valence-corrected chi connectivity index (χ2v) is 7.43. The molecule has 144 valence electrons. The summed E-state index contributed by atoms with van der Waals surface area (Å²) in [6.07, 6.45) is 2.69. The first kappa shape index (κ1) is 19.9. The van der Waals surface area contributed by atoms with E-state index in [2.05, 4.69) is 80.5 Å².